The molecule has 0 atom stereocenters. The van der Waals surface area contributed by atoms with Crippen LogP contribution in [0.15, 0.2) is 54.7 Å². The van der Waals surface area contributed by atoms with Crippen molar-refractivity contribution in [2.24, 2.45) is 0 Å². The zero-order valence-corrected chi connectivity index (χ0v) is 12.6. The van der Waals surface area contributed by atoms with Crippen LogP contribution in [0.25, 0.3) is 10.9 Å². The first-order chi connectivity index (χ1) is 12.0. The maximum atomic E-state index is 12.6. The Hall–Kier alpha value is -3.88. The normalized spacial score (nSPS) is 10.4. The molecular weight excluding hydrogens is 328 g/mol. The molecule has 0 bridgehead atoms. The maximum absolute atomic E-state index is 12.6. The number of aromatic nitrogens is 1. The molecule has 0 aliphatic carbocycles. The van der Waals surface area contributed by atoms with Crippen molar-refractivity contribution in [3.63, 3.8) is 0 Å². The van der Waals surface area contributed by atoms with Gasteiger partial charge >= 0.3 is 0 Å². The average molecular weight is 338 g/mol. The first-order valence-corrected chi connectivity index (χ1v) is 7.06. The number of carbonyl (C=O) groups excluding carboxylic acids is 1. The van der Waals surface area contributed by atoms with Crippen LogP contribution in [0, 0.1) is 20.2 Å². The zero-order chi connectivity index (χ0) is 18.0. The van der Waals surface area contributed by atoms with Gasteiger partial charge in [-0.2, -0.15) is 0 Å². The molecule has 0 unspecified atom stereocenters. The summed E-state index contributed by atoms with van der Waals surface area (Å²) in [5.74, 6) is -0.947. The van der Waals surface area contributed by atoms with E-state index < -0.39 is 32.7 Å². The van der Waals surface area contributed by atoms with Gasteiger partial charge in [-0.05, 0) is 18.2 Å². The number of fused-ring (bicyclic) bond motifs is 1. The van der Waals surface area contributed by atoms with Gasteiger partial charge in [-0.25, -0.2) is 0 Å². The molecule has 2 aromatic carbocycles. The lowest BCUT2D eigenvalue weighted by molar-refractivity contribution is -0.394. The molecule has 0 saturated carbocycles. The third-order valence-corrected chi connectivity index (χ3v) is 3.52. The molecule has 9 heteroatoms. The average Bonchev–Trinajstić information content (AvgIpc) is 2.61. The standard InChI is InChI=1S/C16H10N4O5/c21-16(14-12(19(22)23)7-2-8-13(14)20(24)25)18-11-6-1-4-10-5-3-9-17-15(10)11/h1-9H,(H,18,21). The predicted octanol–water partition coefficient (Wildman–Crippen LogP) is 3.30. The number of nitrogens with one attached hydrogen (secondary N) is 1. The fraction of sp³-hybridized carbons (Fsp3) is 0. The quantitative estimate of drug-likeness (QED) is 0.574. The highest BCUT2D eigenvalue weighted by Gasteiger charge is 2.30. The topological polar surface area (TPSA) is 128 Å². The van der Waals surface area contributed by atoms with E-state index in [0.29, 0.717) is 11.2 Å². The number of carbonyl (C=O) groups is 1. The third-order valence-electron chi connectivity index (χ3n) is 3.52. The lowest BCUT2D eigenvalue weighted by Gasteiger charge is -2.08. The van der Waals surface area contributed by atoms with Gasteiger partial charge < -0.3 is 5.32 Å². The Bertz CT molecular complexity index is 981. The van der Waals surface area contributed by atoms with Crippen molar-refractivity contribution in [1.29, 1.82) is 0 Å². The molecule has 0 radical (unpaired) electrons. The van der Waals surface area contributed by atoms with Gasteiger partial charge in [0.1, 0.15) is 0 Å². The molecule has 0 aliphatic rings. The Morgan fingerprint density at radius 1 is 0.920 bits per heavy atom. The SMILES string of the molecule is O=C(Nc1cccc2cccnc12)c1c([N+](=O)[O-])cccc1[N+](=O)[O-]. The van der Waals surface area contributed by atoms with Crippen LogP contribution < -0.4 is 5.32 Å². The van der Waals surface area contributed by atoms with E-state index in [4.69, 9.17) is 0 Å². The molecule has 25 heavy (non-hydrogen) atoms. The Morgan fingerprint density at radius 2 is 1.52 bits per heavy atom. The second-order valence-corrected chi connectivity index (χ2v) is 5.02. The number of hydrogen-bond donors (Lipinski definition) is 1. The monoisotopic (exact) mass is 338 g/mol. The van der Waals surface area contributed by atoms with E-state index in [-0.39, 0.29) is 0 Å². The van der Waals surface area contributed by atoms with E-state index in [1.165, 1.54) is 6.20 Å². The van der Waals surface area contributed by atoms with Crippen LogP contribution in [-0.4, -0.2) is 20.7 Å². The van der Waals surface area contributed by atoms with Crippen molar-refractivity contribution in [2.45, 2.75) is 0 Å². The van der Waals surface area contributed by atoms with E-state index in [1.807, 2.05) is 0 Å². The number of nitro benzene ring substituents is 2. The third kappa shape index (κ3) is 2.98. The first-order valence-electron chi connectivity index (χ1n) is 7.06. The summed E-state index contributed by atoms with van der Waals surface area (Å²) in [6, 6.07) is 11.8. The number of rotatable bonds is 4. The Morgan fingerprint density at radius 3 is 2.16 bits per heavy atom. The molecule has 124 valence electrons. The summed E-state index contributed by atoms with van der Waals surface area (Å²) < 4.78 is 0. The van der Waals surface area contributed by atoms with Crippen LogP contribution >= 0.6 is 0 Å². The van der Waals surface area contributed by atoms with Crippen LogP contribution in [0.5, 0.6) is 0 Å². The van der Waals surface area contributed by atoms with Crippen LogP contribution in [0.2, 0.25) is 0 Å². The number of anilines is 1. The predicted molar refractivity (Wildman–Crippen MR) is 89.4 cm³/mol. The van der Waals surface area contributed by atoms with E-state index in [1.54, 1.807) is 30.3 Å². The van der Waals surface area contributed by atoms with Crippen molar-refractivity contribution in [2.75, 3.05) is 5.32 Å². The number of benzene rings is 2. The Balaban J connectivity index is 2.10. The van der Waals surface area contributed by atoms with Gasteiger partial charge in [0.15, 0.2) is 5.56 Å². The molecule has 0 aliphatic heterocycles. The van der Waals surface area contributed by atoms with Gasteiger partial charge in [0.25, 0.3) is 17.3 Å². The number of para-hydroxylation sites is 1. The van der Waals surface area contributed by atoms with Crippen LogP contribution in [0.3, 0.4) is 0 Å². The molecule has 0 fully saturated rings. The number of pyridine rings is 1. The summed E-state index contributed by atoms with van der Waals surface area (Å²) >= 11 is 0. The van der Waals surface area contributed by atoms with Crippen molar-refractivity contribution in [3.8, 4) is 0 Å². The highest BCUT2D eigenvalue weighted by molar-refractivity contribution is 6.12. The van der Waals surface area contributed by atoms with E-state index in [0.717, 1.165) is 23.6 Å². The van der Waals surface area contributed by atoms with E-state index in [2.05, 4.69) is 10.3 Å². The molecular formula is C16H10N4O5. The summed E-state index contributed by atoms with van der Waals surface area (Å²) in [7, 11) is 0. The summed E-state index contributed by atoms with van der Waals surface area (Å²) in [5, 5.41) is 25.5. The zero-order valence-electron chi connectivity index (χ0n) is 12.6. The number of nitro groups is 2. The largest absolute Gasteiger partial charge is 0.320 e. The smallest absolute Gasteiger partial charge is 0.289 e. The van der Waals surface area contributed by atoms with Gasteiger partial charge in [-0.15, -0.1) is 0 Å². The molecule has 1 N–H and O–H groups in total. The molecule has 3 rings (SSSR count). The number of amides is 1. The fourth-order valence-corrected chi connectivity index (χ4v) is 2.46. The van der Waals surface area contributed by atoms with Crippen molar-refractivity contribution in [1.82, 2.24) is 4.98 Å². The van der Waals surface area contributed by atoms with Crippen LogP contribution in [0.1, 0.15) is 10.4 Å². The molecule has 3 aromatic rings. The lowest BCUT2D eigenvalue weighted by atomic mass is 10.1. The number of nitrogens with zero attached hydrogens (tertiary/aromatic N) is 3. The molecule has 1 amide bonds. The highest BCUT2D eigenvalue weighted by Crippen LogP contribution is 2.30. The van der Waals surface area contributed by atoms with Gasteiger partial charge in [0.05, 0.1) is 21.1 Å². The maximum Gasteiger partial charge on any atom is 0.289 e. The Labute approximate surface area is 140 Å². The fourth-order valence-electron chi connectivity index (χ4n) is 2.46. The van der Waals surface area contributed by atoms with Gasteiger partial charge in [-0.3, -0.25) is 30.0 Å². The minimum atomic E-state index is -0.947. The van der Waals surface area contributed by atoms with Crippen LogP contribution in [0.4, 0.5) is 17.1 Å². The molecule has 0 saturated heterocycles. The van der Waals surface area contributed by atoms with Crippen molar-refractivity contribution >= 4 is 33.9 Å². The summed E-state index contributed by atoms with van der Waals surface area (Å²) in [4.78, 5) is 37.4. The van der Waals surface area contributed by atoms with Crippen molar-refractivity contribution in [3.05, 3.63) is 80.5 Å². The summed E-state index contributed by atoms with van der Waals surface area (Å²) in [6.07, 6.45) is 1.53. The van der Waals surface area contributed by atoms with E-state index >= 15 is 0 Å². The summed E-state index contributed by atoms with van der Waals surface area (Å²) in [6.45, 7) is 0. The highest BCUT2D eigenvalue weighted by atomic mass is 16.6. The second-order valence-electron chi connectivity index (χ2n) is 5.02. The Kier molecular flexibility index (Phi) is 4.04. The minimum Gasteiger partial charge on any atom is -0.320 e. The number of hydrogen-bond acceptors (Lipinski definition) is 6. The molecule has 1 heterocycles. The molecule has 1 aromatic heterocycles. The second kappa shape index (κ2) is 6.32. The van der Waals surface area contributed by atoms with Crippen LogP contribution in [-0.2, 0) is 0 Å². The van der Waals surface area contributed by atoms with Gasteiger partial charge in [0.2, 0.25) is 0 Å². The lowest BCUT2D eigenvalue weighted by Crippen LogP contribution is -2.16. The van der Waals surface area contributed by atoms with Crippen molar-refractivity contribution < 1.29 is 14.6 Å². The van der Waals surface area contributed by atoms with Gasteiger partial charge in [0, 0.05) is 23.7 Å². The minimum absolute atomic E-state index is 0.301. The van der Waals surface area contributed by atoms with E-state index in [9.17, 15) is 25.0 Å². The molecule has 9 nitrogen and oxygen atoms in total. The van der Waals surface area contributed by atoms with Gasteiger partial charge in [-0.1, -0.05) is 18.2 Å². The molecule has 0 spiro atoms. The first kappa shape index (κ1) is 16.0. The summed E-state index contributed by atoms with van der Waals surface area (Å²) in [5.41, 5.74) is -1.11.